The molecule has 7 heteroatoms. The van der Waals surface area contributed by atoms with Crippen LogP contribution in [0.3, 0.4) is 0 Å². The first-order chi connectivity index (χ1) is 19.5. The van der Waals surface area contributed by atoms with Crippen LogP contribution in [0.15, 0.2) is 54.6 Å². The van der Waals surface area contributed by atoms with E-state index >= 15 is 0 Å². The van der Waals surface area contributed by atoms with E-state index in [4.69, 9.17) is 9.47 Å². The van der Waals surface area contributed by atoms with Crippen LogP contribution in [0.1, 0.15) is 103 Å². The molecule has 7 nitrogen and oxygen atoms in total. The summed E-state index contributed by atoms with van der Waals surface area (Å²) in [4.78, 5) is 26.0. The Hall–Kier alpha value is -3.06. The zero-order valence-corrected chi connectivity index (χ0v) is 25.9. The zero-order chi connectivity index (χ0) is 29.9. The minimum atomic E-state index is -0.550. The average Bonchev–Trinajstić information content (AvgIpc) is 3.38. The van der Waals surface area contributed by atoms with Crippen LogP contribution in [-0.4, -0.2) is 42.8 Å². The summed E-state index contributed by atoms with van der Waals surface area (Å²) in [6.07, 6.45) is 5.81. The van der Waals surface area contributed by atoms with Crippen molar-refractivity contribution in [1.82, 2.24) is 16.0 Å². The number of carbonyl (C=O) groups is 2. The van der Waals surface area contributed by atoms with Crippen molar-refractivity contribution >= 4 is 12.0 Å². The molecule has 0 heterocycles. The molecule has 0 saturated heterocycles. The van der Waals surface area contributed by atoms with E-state index < -0.39 is 5.60 Å². The van der Waals surface area contributed by atoms with Crippen molar-refractivity contribution in [3.63, 3.8) is 0 Å². The van der Waals surface area contributed by atoms with Crippen LogP contribution in [-0.2, 0) is 9.53 Å². The van der Waals surface area contributed by atoms with Crippen molar-refractivity contribution in [2.75, 3.05) is 19.7 Å². The van der Waals surface area contributed by atoms with Gasteiger partial charge in [-0.1, -0.05) is 75.6 Å². The highest BCUT2D eigenvalue weighted by Gasteiger charge is 2.36. The molecule has 1 aliphatic rings. The van der Waals surface area contributed by atoms with E-state index in [9.17, 15) is 9.59 Å². The summed E-state index contributed by atoms with van der Waals surface area (Å²) >= 11 is 0. The van der Waals surface area contributed by atoms with Crippen molar-refractivity contribution in [2.45, 2.75) is 103 Å². The first kappa shape index (κ1) is 32.5. The zero-order valence-electron chi connectivity index (χ0n) is 25.9. The third-order valence-electron chi connectivity index (χ3n) is 7.75. The molecule has 41 heavy (non-hydrogen) atoms. The maximum Gasteiger partial charge on any atom is 0.408 e. The Morgan fingerprint density at radius 2 is 1.61 bits per heavy atom. The highest BCUT2D eigenvalue weighted by Crippen LogP contribution is 2.30. The topological polar surface area (TPSA) is 88.7 Å². The number of benzene rings is 2. The van der Waals surface area contributed by atoms with Gasteiger partial charge in [-0.25, -0.2) is 4.79 Å². The number of hydrogen-bond donors (Lipinski definition) is 3. The van der Waals surface area contributed by atoms with Crippen LogP contribution in [0.2, 0.25) is 0 Å². The summed E-state index contributed by atoms with van der Waals surface area (Å²) in [5, 5.41) is 10.00. The smallest absolute Gasteiger partial charge is 0.408 e. The predicted molar refractivity (Wildman–Crippen MR) is 165 cm³/mol. The third kappa shape index (κ3) is 10.7. The lowest BCUT2D eigenvalue weighted by Crippen LogP contribution is -2.54. The fourth-order valence-electron chi connectivity index (χ4n) is 5.43. The number of nitrogens with one attached hydrogen (secondary N) is 3. The number of amides is 2. The molecule has 1 saturated carbocycles. The van der Waals surface area contributed by atoms with Crippen LogP contribution < -0.4 is 20.7 Å². The Kier molecular flexibility index (Phi) is 12.1. The van der Waals surface area contributed by atoms with Gasteiger partial charge in [0, 0.05) is 13.1 Å². The fourth-order valence-corrected chi connectivity index (χ4v) is 5.43. The molecule has 2 amide bonds. The first-order valence-corrected chi connectivity index (χ1v) is 15.3. The first-order valence-electron chi connectivity index (χ1n) is 15.3. The van der Waals surface area contributed by atoms with Crippen LogP contribution in [0.4, 0.5) is 4.79 Å². The van der Waals surface area contributed by atoms with Crippen molar-refractivity contribution in [3.8, 4) is 5.75 Å². The molecule has 0 bridgehead atoms. The molecule has 0 radical (unpaired) electrons. The van der Waals surface area contributed by atoms with Crippen molar-refractivity contribution < 1.29 is 19.1 Å². The largest absolute Gasteiger partial charge is 0.493 e. The van der Waals surface area contributed by atoms with Gasteiger partial charge in [0.25, 0.3) is 0 Å². The van der Waals surface area contributed by atoms with Crippen molar-refractivity contribution in [1.29, 1.82) is 0 Å². The van der Waals surface area contributed by atoms with Crippen molar-refractivity contribution in [2.24, 2.45) is 5.92 Å². The second-order valence-corrected chi connectivity index (χ2v) is 12.7. The maximum atomic E-state index is 13.4. The molecular formula is C34H51N3O4. The maximum absolute atomic E-state index is 13.4. The van der Waals surface area contributed by atoms with E-state index in [-0.39, 0.29) is 29.5 Å². The molecular weight excluding hydrogens is 514 g/mol. The van der Waals surface area contributed by atoms with Gasteiger partial charge < -0.3 is 25.4 Å². The molecule has 226 valence electrons. The number of alkyl carbamates (subject to hydrolysis) is 1. The van der Waals surface area contributed by atoms with Crippen molar-refractivity contribution in [3.05, 3.63) is 65.7 Å². The second kappa shape index (κ2) is 15.2. The number of carbonyl (C=O) groups excluding carboxylic acids is 2. The van der Waals surface area contributed by atoms with E-state index in [1.54, 1.807) is 0 Å². The van der Waals surface area contributed by atoms with E-state index in [2.05, 4.69) is 29.8 Å². The fraction of sp³-hybridized carbons (Fsp3) is 0.588. The molecule has 2 aromatic rings. The number of rotatable bonds is 14. The lowest BCUT2D eigenvalue weighted by molar-refractivity contribution is -0.123. The summed E-state index contributed by atoms with van der Waals surface area (Å²) in [6, 6.07) is 17.6. The highest BCUT2D eigenvalue weighted by molar-refractivity contribution is 5.83. The SMILES string of the molecule is CCCC(C)COc1ccc([C@H](CNCC2(NC(=O)OC(C)(C)C)CCCC2)NC(=O)C(C)c2ccccc2)cc1. The van der Waals surface area contributed by atoms with Gasteiger partial charge in [-0.3, -0.25) is 4.79 Å². The van der Waals surface area contributed by atoms with E-state index in [1.807, 2.05) is 82.3 Å². The van der Waals surface area contributed by atoms with E-state index in [0.29, 0.717) is 25.6 Å². The summed E-state index contributed by atoms with van der Waals surface area (Å²) in [6.45, 7) is 13.8. The molecule has 1 aliphatic carbocycles. The molecule has 0 aromatic heterocycles. The predicted octanol–water partition coefficient (Wildman–Crippen LogP) is 6.89. The Bertz CT molecular complexity index is 1080. The summed E-state index contributed by atoms with van der Waals surface area (Å²) in [7, 11) is 0. The van der Waals surface area contributed by atoms with Gasteiger partial charge in [0.2, 0.25) is 5.91 Å². The quantitative estimate of drug-likeness (QED) is 0.232. The minimum Gasteiger partial charge on any atom is -0.493 e. The molecule has 3 atom stereocenters. The average molecular weight is 566 g/mol. The standard InChI is InChI=1S/C34H51N3O4/c1-7-13-25(2)23-40-29-18-16-28(17-19-29)30(36-31(38)26(3)27-14-9-8-10-15-27)22-35-24-34(20-11-12-21-34)37-32(39)41-33(4,5)6/h8-10,14-19,25-26,30,35H,7,11-13,20-24H2,1-6H3,(H,36,38)(H,37,39)/t25?,26?,30-/m0/s1. The Morgan fingerprint density at radius 3 is 2.22 bits per heavy atom. The van der Waals surface area contributed by atoms with Crippen LogP contribution in [0.5, 0.6) is 5.75 Å². The van der Waals surface area contributed by atoms with Gasteiger partial charge in [-0.2, -0.15) is 0 Å². The van der Waals surface area contributed by atoms with Gasteiger partial charge in [0.1, 0.15) is 11.4 Å². The molecule has 1 fully saturated rings. The Balaban J connectivity index is 1.70. The van der Waals surface area contributed by atoms with Gasteiger partial charge in [0.05, 0.1) is 24.1 Å². The highest BCUT2D eigenvalue weighted by atomic mass is 16.6. The molecule has 0 spiro atoms. The third-order valence-corrected chi connectivity index (χ3v) is 7.75. The Labute approximate surface area is 247 Å². The molecule has 2 aromatic carbocycles. The Morgan fingerprint density at radius 1 is 0.951 bits per heavy atom. The molecule has 2 unspecified atom stereocenters. The van der Waals surface area contributed by atoms with Crippen LogP contribution in [0, 0.1) is 5.92 Å². The van der Waals surface area contributed by atoms with E-state index in [0.717, 1.165) is 55.4 Å². The number of hydrogen-bond acceptors (Lipinski definition) is 5. The second-order valence-electron chi connectivity index (χ2n) is 12.7. The van der Waals surface area contributed by atoms with Gasteiger partial charge in [-0.15, -0.1) is 0 Å². The van der Waals surface area contributed by atoms with Gasteiger partial charge in [0.15, 0.2) is 0 Å². The number of ether oxygens (including phenoxy) is 2. The van der Waals surface area contributed by atoms with Gasteiger partial charge in [-0.05, 0) is 76.1 Å². The van der Waals surface area contributed by atoms with Crippen LogP contribution in [0.25, 0.3) is 0 Å². The molecule has 3 rings (SSSR count). The lowest BCUT2D eigenvalue weighted by Gasteiger charge is -2.33. The molecule has 3 N–H and O–H groups in total. The summed E-state index contributed by atoms with van der Waals surface area (Å²) in [5.41, 5.74) is 1.07. The normalized spacial score (nSPS) is 16.8. The van der Waals surface area contributed by atoms with E-state index in [1.165, 1.54) is 0 Å². The minimum absolute atomic E-state index is 0.0285. The van der Waals surface area contributed by atoms with Gasteiger partial charge >= 0.3 is 6.09 Å². The van der Waals surface area contributed by atoms with Crippen LogP contribution >= 0.6 is 0 Å². The summed E-state index contributed by atoms with van der Waals surface area (Å²) < 4.78 is 11.6. The lowest BCUT2D eigenvalue weighted by atomic mass is 9.96. The molecule has 0 aliphatic heterocycles. The monoisotopic (exact) mass is 565 g/mol. The summed E-state index contributed by atoms with van der Waals surface area (Å²) in [5.74, 6) is 1.03.